The van der Waals surface area contributed by atoms with Crippen LogP contribution in [0.4, 0.5) is 0 Å². The molecule has 2 rings (SSSR count). The first-order chi connectivity index (χ1) is 6.42. The highest BCUT2D eigenvalue weighted by Gasteiger charge is 2.29. The fourth-order valence-corrected chi connectivity index (χ4v) is 3.48. The van der Waals surface area contributed by atoms with Crippen LogP contribution < -0.4 is 5.32 Å². The van der Waals surface area contributed by atoms with Crippen LogP contribution in [0.3, 0.4) is 0 Å². The summed E-state index contributed by atoms with van der Waals surface area (Å²) in [4.78, 5) is 2.71. The van der Waals surface area contributed by atoms with Gasteiger partial charge in [0.05, 0.1) is 0 Å². The molecule has 76 valence electrons. The SMILES string of the molecule is CCN(C1CNC1)C1CCCSC1. The Morgan fingerprint density at radius 1 is 1.38 bits per heavy atom. The van der Waals surface area contributed by atoms with Crippen molar-refractivity contribution < 1.29 is 0 Å². The monoisotopic (exact) mass is 200 g/mol. The van der Waals surface area contributed by atoms with E-state index in [9.17, 15) is 0 Å². The molecule has 0 radical (unpaired) electrons. The second kappa shape index (κ2) is 4.67. The van der Waals surface area contributed by atoms with Crippen molar-refractivity contribution in [1.29, 1.82) is 0 Å². The van der Waals surface area contributed by atoms with Gasteiger partial charge in [-0.05, 0) is 25.1 Å². The highest BCUT2D eigenvalue weighted by atomic mass is 32.2. The van der Waals surface area contributed by atoms with Gasteiger partial charge in [-0.25, -0.2) is 0 Å². The largest absolute Gasteiger partial charge is 0.314 e. The van der Waals surface area contributed by atoms with Gasteiger partial charge in [-0.2, -0.15) is 11.8 Å². The molecule has 0 spiro atoms. The standard InChI is InChI=1S/C10H20N2S/c1-2-12(10-6-11-7-10)9-4-3-5-13-8-9/h9-11H,2-8H2,1H3. The fraction of sp³-hybridized carbons (Fsp3) is 1.00. The van der Waals surface area contributed by atoms with Crippen molar-refractivity contribution in [2.24, 2.45) is 0 Å². The minimum absolute atomic E-state index is 0.841. The van der Waals surface area contributed by atoms with Crippen molar-refractivity contribution in [3.05, 3.63) is 0 Å². The lowest BCUT2D eigenvalue weighted by Gasteiger charge is -2.43. The lowest BCUT2D eigenvalue weighted by Crippen LogP contribution is -2.60. The summed E-state index contributed by atoms with van der Waals surface area (Å²) in [6.07, 6.45) is 2.85. The lowest BCUT2D eigenvalue weighted by molar-refractivity contribution is 0.105. The molecule has 0 aromatic carbocycles. The van der Waals surface area contributed by atoms with E-state index >= 15 is 0 Å². The van der Waals surface area contributed by atoms with Crippen molar-refractivity contribution in [1.82, 2.24) is 10.2 Å². The van der Waals surface area contributed by atoms with E-state index < -0.39 is 0 Å². The molecule has 2 saturated heterocycles. The van der Waals surface area contributed by atoms with Gasteiger partial charge in [-0.3, -0.25) is 4.90 Å². The van der Waals surface area contributed by atoms with Gasteiger partial charge in [-0.15, -0.1) is 0 Å². The number of nitrogens with zero attached hydrogens (tertiary/aromatic N) is 1. The van der Waals surface area contributed by atoms with E-state index in [4.69, 9.17) is 0 Å². The Morgan fingerprint density at radius 3 is 2.69 bits per heavy atom. The number of hydrogen-bond donors (Lipinski definition) is 1. The summed E-state index contributed by atoms with van der Waals surface area (Å²) >= 11 is 2.14. The molecular formula is C10H20N2S. The maximum Gasteiger partial charge on any atom is 0.0348 e. The van der Waals surface area contributed by atoms with E-state index in [-0.39, 0.29) is 0 Å². The third-order valence-corrected chi connectivity index (χ3v) is 4.40. The summed E-state index contributed by atoms with van der Waals surface area (Å²) < 4.78 is 0. The second-order valence-electron chi connectivity index (χ2n) is 4.01. The molecule has 0 saturated carbocycles. The van der Waals surface area contributed by atoms with Crippen molar-refractivity contribution >= 4 is 11.8 Å². The molecule has 1 N–H and O–H groups in total. The zero-order valence-corrected chi connectivity index (χ0v) is 9.28. The van der Waals surface area contributed by atoms with Crippen molar-refractivity contribution in [3.8, 4) is 0 Å². The van der Waals surface area contributed by atoms with Crippen LogP contribution in [-0.4, -0.2) is 48.1 Å². The van der Waals surface area contributed by atoms with Crippen LogP contribution in [0.5, 0.6) is 0 Å². The van der Waals surface area contributed by atoms with Crippen LogP contribution in [0, 0.1) is 0 Å². The number of rotatable bonds is 3. The van der Waals surface area contributed by atoms with Gasteiger partial charge >= 0.3 is 0 Å². The Balaban J connectivity index is 1.86. The molecule has 3 heteroatoms. The third kappa shape index (κ3) is 2.20. The van der Waals surface area contributed by atoms with Gasteiger partial charge < -0.3 is 5.32 Å². The molecule has 1 atom stereocenters. The number of likely N-dealkylation sites (N-methyl/N-ethyl adjacent to an activating group) is 1. The summed E-state index contributed by atoms with van der Waals surface area (Å²) in [5, 5.41) is 3.37. The summed E-state index contributed by atoms with van der Waals surface area (Å²) in [7, 11) is 0. The Hall–Kier alpha value is 0.270. The molecule has 0 aliphatic carbocycles. The molecule has 0 aromatic heterocycles. The first-order valence-corrected chi connectivity index (χ1v) is 6.61. The van der Waals surface area contributed by atoms with E-state index in [2.05, 4.69) is 28.9 Å². The summed E-state index contributed by atoms with van der Waals surface area (Å²) in [6, 6.07) is 1.71. The molecule has 2 fully saturated rings. The quantitative estimate of drug-likeness (QED) is 0.736. The minimum atomic E-state index is 0.841. The van der Waals surface area contributed by atoms with E-state index in [1.54, 1.807) is 0 Å². The van der Waals surface area contributed by atoms with Crippen LogP contribution in [0.1, 0.15) is 19.8 Å². The smallest absolute Gasteiger partial charge is 0.0348 e. The fourth-order valence-electron chi connectivity index (χ4n) is 2.31. The van der Waals surface area contributed by atoms with E-state index in [0.29, 0.717) is 0 Å². The molecule has 0 bridgehead atoms. The van der Waals surface area contributed by atoms with Gasteiger partial charge in [0.25, 0.3) is 0 Å². The van der Waals surface area contributed by atoms with E-state index in [1.807, 2.05) is 0 Å². The maximum absolute atomic E-state index is 3.37. The molecule has 0 amide bonds. The van der Waals surface area contributed by atoms with E-state index in [0.717, 1.165) is 12.1 Å². The van der Waals surface area contributed by atoms with Gasteiger partial charge in [0.15, 0.2) is 0 Å². The molecule has 13 heavy (non-hydrogen) atoms. The average Bonchev–Trinajstić information content (AvgIpc) is 2.12. The van der Waals surface area contributed by atoms with Gasteiger partial charge in [-0.1, -0.05) is 6.92 Å². The number of thioether (sulfide) groups is 1. The van der Waals surface area contributed by atoms with Crippen LogP contribution in [0.15, 0.2) is 0 Å². The molecular weight excluding hydrogens is 180 g/mol. The predicted octanol–water partition coefficient (Wildman–Crippen LogP) is 1.18. The van der Waals surface area contributed by atoms with Gasteiger partial charge in [0, 0.05) is 30.9 Å². The zero-order valence-electron chi connectivity index (χ0n) is 8.46. The van der Waals surface area contributed by atoms with Crippen LogP contribution in [-0.2, 0) is 0 Å². The topological polar surface area (TPSA) is 15.3 Å². The maximum atomic E-state index is 3.37. The van der Waals surface area contributed by atoms with Crippen molar-refractivity contribution in [2.75, 3.05) is 31.1 Å². The summed E-state index contributed by atoms with van der Waals surface area (Å²) in [5.74, 6) is 2.75. The zero-order chi connectivity index (χ0) is 9.10. The Bertz CT molecular complexity index is 153. The first-order valence-electron chi connectivity index (χ1n) is 5.46. The highest BCUT2D eigenvalue weighted by Crippen LogP contribution is 2.23. The third-order valence-electron chi connectivity index (χ3n) is 3.20. The normalized spacial score (nSPS) is 30.5. The number of hydrogen-bond acceptors (Lipinski definition) is 3. The van der Waals surface area contributed by atoms with Crippen LogP contribution in [0.25, 0.3) is 0 Å². The second-order valence-corrected chi connectivity index (χ2v) is 5.16. The summed E-state index contributed by atoms with van der Waals surface area (Å²) in [6.45, 7) is 5.97. The average molecular weight is 200 g/mol. The molecule has 2 aliphatic rings. The molecule has 0 aromatic rings. The first kappa shape index (κ1) is 9.81. The number of nitrogens with one attached hydrogen (secondary N) is 1. The van der Waals surface area contributed by atoms with Crippen molar-refractivity contribution in [2.45, 2.75) is 31.8 Å². The minimum Gasteiger partial charge on any atom is -0.314 e. The Labute approximate surface area is 85.4 Å². The Kier molecular flexibility index (Phi) is 3.52. The van der Waals surface area contributed by atoms with E-state index in [1.165, 1.54) is 44.0 Å². The molecule has 2 nitrogen and oxygen atoms in total. The summed E-state index contributed by atoms with van der Waals surface area (Å²) in [5.41, 5.74) is 0. The molecule has 2 aliphatic heterocycles. The molecule has 2 heterocycles. The molecule has 1 unspecified atom stereocenters. The van der Waals surface area contributed by atoms with Gasteiger partial charge in [0.2, 0.25) is 0 Å². The van der Waals surface area contributed by atoms with Gasteiger partial charge in [0.1, 0.15) is 0 Å². The highest BCUT2D eigenvalue weighted by molar-refractivity contribution is 7.99. The lowest BCUT2D eigenvalue weighted by atomic mass is 10.1. The van der Waals surface area contributed by atoms with Crippen LogP contribution >= 0.6 is 11.8 Å². The van der Waals surface area contributed by atoms with Crippen molar-refractivity contribution in [3.63, 3.8) is 0 Å². The Morgan fingerprint density at radius 2 is 2.23 bits per heavy atom. The van der Waals surface area contributed by atoms with Crippen LogP contribution in [0.2, 0.25) is 0 Å². The predicted molar refractivity (Wildman–Crippen MR) is 59.4 cm³/mol.